The third kappa shape index (κ3) is 4.45. The van der Waals surface area contributed by atoms with E-state index in [-0.39, 0.29) is 23.0 Å². The highest BCUT2D eigenvalue weighted by atomic mass is 35.5. The largest absolute Gasteiger partial charge is 0.441 e. The Kier molecular flexibility index (Phi) is 5.14. The van der Waals surface area contributed by atoms with Crippen LogP contribution >= 0.6 is 11.6 Å². The van der Waals surface area contributed by atoms with Gasteiger partial charge in [-0.25, -0.2) is 9.37 Å². The fourth-order valence-corrected chi connectivity index (χ4v) is 2.46. The number of rotatable bonds is 5. The lowest BCUT2D eigenvalue weighted by atomic mass is 10.1. The van der Waals surface area contributed by atoms with Crippen molar-refractivity contribution >= 4 is 23.2 Å². The zero-order valence-electron chi connectivity index (χ0n) is 13.6. The molecule has 3 rings (SSSR count). The predicted octanol–water partition coefficient (Wildman–Crippen LogP) is 5.01. The molecule has 1 heterocycles. The summed E-state index contributed by atoms with van der Waals surface area (Å²) in [4.78, 5) is 16.1. The van der Waals surface area contributed by atoms with Crippen molar-refractivity contribution in [1.29, 1.82) is 0 Å². The quantitative estimate of drug-likeness (QED) is 0.697. The van der Waals surface area contributed by atoms with E-state index in [9.17, 15) is 9.18 Å². The number of hydrogen-bond donors (Lipinski definition) is 1. The molecular formula is C19H16ClFN2O2. The van der Waals surface area contributed by atoms with Crippen LogP contribution in [0.25, 0.3) is 11.3 Å². The maximum atomic E-state index is 13.7. The first-order valence-corrected chi connectivity index (χ1v) is 8.16. The molecule has 0 aliphatic heterocycles. The van der Waals surface area contributed by atoms with Gasteiger partial charge in [0.05, 0.1) is 11.9 Å². The van der Waals surface area contributed by atoms with E-state index < -0.39 is 5.82 Å². The summed E-state index contributed by atoms with van der Waals surface area (Å²) in [7, 11) is 0. The van der Waals surface area contributed by atoms with Gasteiger partial charge in [0.2, 0.25) is 5.91 Å². The van der Waals surface area contributed by atoms with Crippen molar-refractivity contribution in [3.05, 3.63) is 71.0 Å². The average Bonchev–Trinajstić information content (AvgIpc) is 3.05. The normalized spacial score (nSPS) is 10.7. The van der Waals surface area contributed by atoms with E-state index in [0.29, 0.717) is 18.1 Å². The molecule has 0 aliphatic carbocycles. The molecule has 128 valence electrons. The highest BCUT2D eigenvalue weighted by molar-refractivity contribution is 6.30. The molecule has 0 spiro atoms. The Labute approximate surface area is 149 Å². The summed E-state index contributed by atoms with van der Waals surface area (Å²) in [6.07, 6.45) is 2.10. The summed E-state index contributed by atoms with van der Waals surface area (Å²) in [5, 5.41) is 2.79. The molecule has 2 aromatic carbocycles. The number of anilines is 1. The second-order valence-electron chi connectivity index (χ2n) is 5.66. The van der Waals surface area contributed by atoms with E-state index in [1.165, 1.54) is 12.1 Å². The zero-order chi connectivity index (χ0) is 17.8. The molecule has 0 aliphatic rings. The molecule has 0 saturated heterocycles. The molecule has 3 aromatic rings. The Hall–Kier alpha value is -2.66. The molecule has 0 atom stereocenters. The maximum Gasteiger partial charge on any atom is 0.224 e. The number of hydrogen-bond acceptors (Lipinski definition) is 3. The van der Waals surface area contributed by atoms with E-state index in [4.69, 9.17) is 16.0 Å². The van der Waals surface area contributed by atoms with E-state index >= 15 is 0 Å². The van der Waals surface area contributed by atoms with Crippen LogP contribution in [-0.2, 0) is 11.2 Å². The van der Waals surface area contributed by atoms with Crippen molar-refractivity contribution in [3.8, 4) is 11.3 Å². The Bertz CT molecular complexity index is 891. The number of halogens is 2. The Morgan fingerprint density at radius 1 is 1.24 bits per heavy atom. The van der Waals surface area contributed by atoms with Crippen LogP contribution in [0.1, 0.15) is 17.9 Å². The van der Waals surface area contributed by atoms with Crippen molar-refractivity contribution in [2.24, 2.45) is 0 Å². The summed E-state index contributed by atoms with van der Waals surface area (Å²) in [6.45, 7) is 2.01. The lowest BCUT2D eigenvalue weighted by Crippen LogP contribution is -2.13. The van der Waals surface area contributed by atoms with Gasteiger partial charge in [-0.15, -0.1) is 0 Å². The molecule has 25 heavy (non-hydrogen) atoms. The van der Waals surface area contributed by atoms with Gasteiger partial charge in [-0.1, -0.05) is 41.4 Å². The fraction of sp³-hybridized carbons (Fsp3) is 0.158. The molecule has 0 fully saturated rings. The third-order valence-corrected chi connectivity index (χ3v) is 3.90. The van der Waals surface area contributed by atoms with Gasteiger partial charge in [-0.3, -0.25) is 4.79 Å². The van der Waals surface area contributed by atoms with Gasteiger partial charge in [-0.05, 0) is 25.1 Å². The molecule has 4 nitrogen and oxygen atoms in total. The van der Waals surface area contributed by atoms with Gasteiger partial charge in [0.15, 0.2) is 11.7 Å². The standard InChI is InChI=1S/C19H16ClFN2O2/c1-12-2-4-13(5-3-12)17-11-22-19(25-17)9-8-18(24)23-16-7-6-14(20)10-15(16)21/h2-7,10-11H,8-9H2,1H3,(H,23,24). The third-order valence-electron chi connectivity index (χ3n) is 3.66. The SMILES string of the molecule is Cc1ccc(-c2cnc(CCC(=O)Nc3ccc(Cl)cc3F)o2)cc1. The second kappa shape index (κ2) is 7.49. The number of nitrogens with one attached hydrogen (secondary N) is 1. The first-order valence-electron chi connectivity index (χ1n) is 7.78. The molecule has 0 saturated carbocycles. The van der Waals surface area contributed by atoms with Crippen LogP contribution in [0.4, 0.5) is 10.1 Å². The van der Waals surface area contributed by atoms with Crippen LogP contribution in [0.5, 0.6) is 0 Å². The summed E-state index contributed by atoms with van der Waals surface area (Å²) in [5.41, 5.74) is 2.19. The number of aryl methyl sites for hydroxylation is 2. The van der Waals surface area contributed by atoms with Crippen molar-refractivity contribution < 1.29 is 13.6 Å². The van der Waals surface area contributed by atoms with Crippen LogP contribution in [0, 0.1) is 12.7 Å². The number of oxazole rings is 1. The minimum Gasteiger partial charge on any atom is -0.441 e. The highest BCUT2D eigenvalue weighted by Gasteiger charge is 2.11. The van der Waals surface area contributed by atoms with Gasteiger partial charge in [0.1, 0.15) is 5.82 Å². The predicted molar refractivity (Wildman–Crippen MR) is 95.0 cm³/mol. The Morgan fingerprint density at radius 2 is 2.00 bits per heavy atom. The lowest BCUT2D eigenvalue weighted by molar-refractivity contribution is -0.116. The van der Waals surface area contributed by atoms with Crippen LogP contribution in [0.3, 0.4) is 0 Å². The number of nitrogens with zero attached hydrogens (tertiary/aromatic N) is 1. The number of aromatic nitrogens is 1. The lowest BCUT2D eigenvalue weighted by Gasteiger charge is -2.05. The van der Waals surface area contributed by atoms with Gasteiger partial charge >= 0.3 is 0 Å². The van der Waals surface area contributed by atoms with Gasteiger partial charge in [0.25, 0.3) is 0 Å². The van der Waals surface area contributed by atoms with E-state index in [1.807, 2.05) is 31.2 Å². The van der Waals surface area contributed by atoms with Crippen molar-refractivity contribution in [1.82, 2.24) is 4.98 Å². The Morgan fingerprint density at radius 3 is 2.72 bits per heavy atom. The summed E-state index contributed by atoms with van der Waals surface area (Å²) >= 11 is 5.68. The molecule has 0 unspecified atom stereocenters. The van der Waals surface area contributed by atoms with E-state index in [0.717, 1.165) is 17.2 Å². The van der Waals surface area contributed by atoms with Gasteiger partial charge < -0.3 is 9.73 Å². The summed E-state index contributed by atoms with van der Waals surface area (Å²) in [6, 6.07) is 12.0. The second-order valence-corrected chi connectivity index (χ2v) is 6.09. The number of amides is 1. The fourth-order valence-electron chi connectivity index (χ4n) is 2.30. The number of benzene rings is 2. The van der Waals surface area contributed by atoms with Crippen LogP contribution in [0.15, 0.2) is 53.1 Å². The summed E-state index contributed by atoms with van der Waals surface area (Å²) < 4.78 is 19.3. The summed E-state index contributed by atoms with van der Waals surface area (Å²) in [5.74, 6) is 0.219. The molecule has 1 amide bonds. The number of carbonyl (C=O) groups excluding carboxylic acids is 1. The zero-order valence-corrected chi connectivity index (χ0v) is 14.3. The topological polar surface area (TPSA) is 55.1 Å². The highest BCUT2D eigenvalue weighted by Crippen LogP contribution is 2.22. The van der Waals surface area contributed by atoms with E-state index in [2.05, 4.69) is 10.3 Å². The smallest absolute Gasteiger partial charge is 0.224 e. The van der Waals surface area contributed by atoms with Crippen molar-refractivity contribution in [2.45, 2.75) is 19.8 Å². The first-order chi connectivity index (χ1) is 12.0. The van der Waals surface area contributed by atoms with Crippen LogP contribution in [-0.4, -0.2) is 10.9 Å². The van der Waals surface area contributed by atoms with Crippen LogP contribution < -0.4 is 5.32 Å². The molecular weight excluding hydrogens is 343 g/mol. The molecule has 6 heteroatoms. The average molecular weight is 359 g/mol. The first kappa shape index (κ1) is 17.2. The van der Waals surface area contributed by atoms with E-state index in [1.54, 1.807) is 6.20 Å². The molecule has 1 aromatic heterocycles. The van der Waals surface area contributed by atoms with Gasteiger partial charge in [0, 0.05) is 23.4 Å². The monoisotopic (exact) mass is 358 g/mol. The van der Waals surface area contributed by atoms with Crippen LogP contribution in [0.2, 0.25) is 5.02 Å². The molecule has 0 bridgehead atoms. The minimum atomic E-state index is -0.571. The molecule has 1 N–H and O–H groups in total. The minimum absolute atomic E-state index is 0.0992. The maximum absolute atomic E-state index is 13.7. The van der Waals surface area contributed by atoms with Crippen molar-refractivity contribution in [3.63, 3.8) is 0 Å². The molecule has 0 radical (unpaired) electrons. The number of carbonyl (C=O) groups is 1. The van der Waals surface area contributed by atoms with Crippen molar-refractivity contribution in [2.75, 3.05) is 5.32 Å². The van der Waals surface area contributed by atoms with Gasteiger partial charge in [-0.2, -0.15) is 0 Å². The Balaban J connectivity index is 1.58.